The maximum absolute atomic E-state index is 13.9. The summed E-state index contributed by atoms with van der Waals surface area (Å²) < 4.78 is 11.5. The second-order valence-corrected chi connectivity index (χ2v) is 12.2. The van der Waals surface area contributed by atoms with Crippen LogP contribution in [0.2, 0.25) is 0 Å². The molecule has 2 aromatic rings. The highest BCUT2D eigenvalue weighted by atomic mass is 16.5. The molecular formula is C36H52N2O4. The summed E-state index contributed by atoms with van der Waals surface area (Å²) in [6.45, 7) is 11.3. The van der Waals surface area contributed by atoms with Crippen LogP contribution in [0.15, 0.2) is 48.5 Å². The van der Waals surface area contributed by atoms with Crippen LogP contribution in [0.1, 0.15) is 98.8 Å². The molecule has 0 saturated carbocycles. The molecule has 0 spiro atoms. The summed E-state index contributed by atoms with van der Waals surface area (Å²) in [7, 11) is 0. The Morgan fingerprint density at radius 2 is 0.952 bits per heavy atom. The molecule has 2 aromatic carbocycles. The molecule has 2 heterocycles. The van der Waals surface area contributed by atoms with E-state index in [1.807, 2.05) is 48.5 Å². The predicted octanol–water partition coefficient (Wildman–Crippen LogP) is 7.31. The molecule has 6 nitrogen and oxygen atoms in total. The topological polar surface area (TPSA) is 59.1 Å². The van der Waals surface area contributed by atoms with Crippen LogP contribution in [-0.2, 0) is 0 Å². The van der Waals surface area contributed by atoms with Gasteiger partial charge in [-0.2, -0.15) is 0 Å². The van der Waals surface area contributed by atoms with Crippen molar-refractivity contribution in [3.63, 3.8) is 0 Å². The Labute approximate surface area is 253 Å². The quantitative estimate of drug-likeness (QED) is 0.184. The monoisotopic (exact) mass is 576 g/mol. The smallest absolute Gasteiger partial charge is 0.167 e. The van der Waals surface area contributed by atoms with Crippen LogP contribution >= 0.6 is 0 Å². The third kappa shape index (κ3) is 9.95. The van der Waals surface area contributed by atoms with Gasteiger partial charge in [-0.05, 0) is 126 Å². The SMILES string of the molecule is CCCOc1ccc(C(=O)[C@@H](CC[C@@H](CN2CCCCC2)C(=O)c2ccc(OCCC)cc2)CN2CCCCC2)cc1. The average Bonchev–Trinajstić information content (AvgIpc) is 3.05. The summed E-state index contributed by atoms with van der Waals surface area (Å²) in [6, 6.07) is 15.3. The van der Waals surface area contributed by atoms with Gasteiger partial charge in [0.15, 0.2) is 11.6 Å². The van der Waals surface area contributed by atoms with Gasteiger partial charge in [-0.1, -0.05) is 26.7 Å². The van der Waals surface area contributed by atoms with Crippen molar-refractivity contribution < 1.29 is 19.1 Å². The number of rotatable bonds is 17. The third-order valence-electron chi connectivity index (χ3n) is 8.68. The summed E-state index contributed by atoms with van der Waals surface area (Å²) in [5.41, 5.74) is 1.48. The number of likely N-dealkylation sites (tertiary alicyclic amines) is 2. The number of ether oxygens (including phenoxy) is 2. The van der Waals surface area contributed by atoms with Gasteiger partial charge in [-0.15, -0.1) is 0 Å². The molecule has 6 heteroatoms. The molecule has 0 amide bonds. The van der Waals surface area contributed by atoms with Gasteiger partial charge < -0.3 is 19.3 Å². The zero-order valence-corrected chi connectivity index (χ0v) is 26.0. The Morgan fingerprint density at radius 3 is 1.29 bits per heavy atom. The highest BCUT2D eigenvalue weighted by molar-refractivity contribution is 5.99. The highest BCUT2D eigenvalue weighted by Gasteiger charge is 2.29. The molecule has 2 aliphatic rings. The zero-order valence-electron chi connectivity index (χ0n) is 26.0. The van der Waals surface area contributed by atoms with Crippen molar-refractivity contribution in [1.29, 1.82) is 0 Å². The zero-order chi connectivity index (χ0) is 29.6. The van der Waals surface area contributed by atoms with Crippen LogP contribution in [0.4, 0.5) is 0 Å². The molecule has 0 radical (unpaired) electrons. The molecule has 0 unspecified atom stereocenters. The van der Waals surface area contributed by atoms with E-state index in [0.717, 1.165) is 74.7 Å². The average molecular weight is 577 g/mol. The second-order valence-electron chi connectivity index (χ2n) is 12.2. The Kier molecular flexibility index (Phi) is 13.4. The molecule has 0 aromatic heterocycles. The van der Waals surface area contributed by atoms with E-state index >= 15 is 0 Å². The fraction of sp³-hybridized carbons (Fsp3) is 0.611. The largest absolute Gasteiger partial charge is 0.494 e. The Bertz CT molecular complexity index is 985. The number of nitrogens with zero attached hydrogens (tertiary/aromatic N) is 2. The second kappa shape index (κ2) is 17.4. The Hall–Kier alpha value is -2.70. The standard InChI is InChI=1S/C36H52N2O4/c1-3-25-41-33-17-13-29(14-18-33)35(39)31(27-37-21-7-5-8-22-37)11-12-32(28-38-23-9-6-10-24-38)36(40)30-15-19-34(20-16-30)42-26-4-2/h13-20,31-32H,3-12,21-28H2,1-2H3/t31-,32-/m0/s1. The minimum Gasteiger partial charge on any atom is -0.494 e. The van der Waals surface area contributed by atoms with Gasteiger partial charge in [0, 0.05) is 36.1 Å². The number of piperidine rings is 2. The van der Waals surface area contributed by atoms with Crippen LogP contribution in [0, 0.1) is 11.8 Å². The van der Waals surface area contributed by atoms with Gasteiger partial charge in [-0.25, -0.2) is 0 Å². The first-order valence-corrected chi connectivity index (χ1v) is 16.6. The van der Waals surface area contributed by atoms with Crippen molar-refractivity contribution in [2.24, 2.45) is 11.8 Å². The van der Waals surface area contributed by atoms with E-state index in [1.165, 1.54) is 38.5 Å². The molecule has 2 fully saturated rings. The number of Topliss-reactive ketones (excluding diaryl/α,β-unsaturated/α-hetero) is 2. The number of benzene rings is 2. The van der Waals surface area contributed by atoms with E-state index in [-0.39, 0.29) is 23.4 Å². The van der Waals surface area contributed by atoms with Crippen molar-refractivity contribution in [1.82, 2.24) is 9.80 Å². The summed E-state index contributed by atoms with van der Waals surface area (Å²) in [4.78, 5) is 32.8. The first-order chi connectivity index (χ1) is 20.6. The van der Waals surface area contributed by atoms with Gasteiger partial charge >= 0.3 is 0 Å². The number of carbonyl (C=O) groups is 2. The van der Waals surface area contributed by atoms with Gasteiger partial charge in [0.2, 0.25) is 0 Å². The van der Waals surface area contributed by atoms with E-state index in [1.54, 1.807) is 0 Å². The van der Waals surface area contributed by atoms with Crippen LogP contribution < -0.4 is 9.47 Å². The van der Waals surface area contributed by atoms with Gasteiger partial charge in [0.25, 0.3) is 0 Å². The summed E-state index contributed by atoms with van der Waals surface area (Å²) >= 11 is 0. The Balaban J connectivity index is 1.49. The van der Waals surface area contributed by atoms with Gasteiger partial charge in [0.05, 0.1) is 13.2 Å². The number of hydrogen-bond donors (Lipinski definition) is 0. The van der Waals surface area contributed by atoms with Crippen molar-refractivity contribution in [3.05, 3.63) is 59.7 Å². The first kappa shape index (κ1) is 32.2. The van der Waals surface area contributed by atoms with Crippen molar-refractivity contribution in [3.8, 4) is 11.5 Å². The maximum Gasteiger partial charge on any atom is 0.167 e. The first-order valence-electron chi connectivity index (χ1n) is 16.6. The minimum atomic E-state index is -0.132. The molecule has 2 aliphatic heterocycles. The van der Waals surface area contributed by atoms with E-state index in [2.05, 4.69) is 23.6 Å². The van der Waals surface area contributed by atoms with Crippen molar-refractivity contribution in [2.45, 2.75) is 78.1 Å². The van der Waals surface area contributed by atoms with Crippen LogP contribution in [-0.4, -0.2) is 73.8 Å². The fourth-order valence-corrected chi connectivity index (χ4v) is 6.26. The van der Waals surface area contributed by atoms with Crippen LogP contribution in [0.25, 0.3) is 0 Å². The maximum atomic E-state index is 13.9. The van der Waals surface area contributed by atoms with E-state index in [0.29, 0.717) is 26.1 Å². The summed E-state index contributed by atoms with van der Waals surface area (Å²) in [5, 5.41) is 0. The third-order valence-corrected chi connectivity index (χ3v) is 8.68. The molecule has 42 heavy (non-hydrogen) atoms. The number of ketones is 2. The van der Waals surface area contributed by atoms with Gasteiger partial charge in [0.1, 0.15) is 11.5 Å². The predicted molar refractivity (Wildman–Crippen MR) is 170 cm³/mol. The van der Waals surface area contributed by atoms with Crippen molar-refractivity contribution in [2.75, 3.05) is 52.5 Å². The van der Waals surface area contributed by atoms with Gasteiger partial charge in [-0.3, -0.25) is 9.59 Å². The molecule has 230 valence electrons. The lowest BCUT2D eigenvalue weighted by Gasteiger charge is -2.32. The lowest BCUT2D eigenvalue weighted by molar-refractivity contribution is 0.0793. The van der Waals surface area contributed by atoms with E-state index in [9.17, 15) is 9.59 Å². The summed E-state index contributed by atoms with van der Waals surface area (Å²) in [5.74, 6) is 1.71. The van der Waals surface area contributed by atoms with E-state index < -0.39 is 0 Å². The summed E-state index contributed by atoms with van der Waals surface area (Å²) in [6.07, 6.45) is 10.6. The molecule has 0 bridgehead atoms. The molecule has 0 N–H and O–H groups in total. The molecule has 0 aliphatic carbocycles. The van der Waals surface area contributed by atoms with Crippen LogP contribution in [0.3, 0.4) is 0 Å². The number of carbonyl (C=O) groups excluding carboxylic acids is 2. The van der Waals surface area contributed by atoms with Crippen LogP contribution in [0.5, 0.6) is 11.5 Å². The normalized spacial score (nSPS) is 17.9. The number of hydrogen-bond acceptors (Lipinski definition) is 6. The van der Waals surface area contributed by atoms with E-state index in [4.69, 9.17) is 9.47 Å². The Morgan fingerprint density at radius 1 is 0.595 bits per heavy atom. The minimum absolute atomic E-state index is 0.132. The fourth-order valence-electron chi connectivity index (χ4n) is 6.26. The lowest BCUT2D eigenvalue weighted by Crippen LogP contribution is -2.39. The van der Waals surface area contributed by atoms with Crippen molar-refractivity contribution >= 4 is 11.6 Å². The molecular weight excluding hydrogens is 524 g/mol. The lowest BCUT2D eigenvalue weighted by atomic mass is 9.85. The molecule has 2 atom stereocenters. The molecule has 4 rings (SSSR count). The molecule has 2 saturated heterocycles. The highest BCUT2D eigenvalue weighted by Crippen LogP contribution is 2.26.